The predicted molar refractivity (Wildman–Crippen MR) is 152 cm³/mol. The smallest absolute Gasteiger partial charge is 0.333 e. The lowest BCUT2D eigenvalue weighted by Gasteiger charge is -2.26. The van der Waals surface area contributed by atoms with Crippen molar-refractivity contribution in [2.45, 2.75) is 66.6 Å². The molecule has 0 heterocycles. The van der Waals surface area contributed by atoms with Gasteiger partial charge in [0.1, 0.15) is 37.4 Å². The summed E-state index contributed by atoms with van der Waals surface area (Å²) in [6.45, 7) is 14.3. The van der Waals surface area contributed by atoms with Gasteiger partial charge in [0, 0.05) is 17.4 Å². The molecular formula is C31H44O7. The number of rotatable bonds is 14. The van der Waals surface area contributed by atoms with Crippen molar-refractivity contribution < 1.29 is 34.0 Å². The number of aliphatic hydroxyl groups excluding tert-OH is 2. The minimum absolute atomic E-state index is 0. The fourth-order valence-electron chi connectivity index (χ4n) is 3.28. The number of carbonyl (C=O) groups excluding carboxylic acids is 2. The highest BCUT2D eigenvalue weighted by Gasteiger charge is 2.23. The molecule has 0 fully saturated rings. The lowest BCUT2D eigenvalue weighted by atomic mass is 9.78. The standard InChI is InChI=1S/C29H36O7.2CH4/c1-19(2)27(32)15-23(30)16-34-25-11-7-21(8-12-25)29(5,6)22-9-13-26(14-10-22)35-17-24(31)18-36-28(33)20(3)4;;/h7-14,23-24,30-31H,1,3,15-18H2,2,4-6H3;2*1H4. The van der Waals surface area contributed by atoms with E-state index in [1.165, 1.54) is 0 Å². The zero-order valence-electron chi connectivity index (χ0n) is 21.5. The molecule has 0 aromatic heterocycles. The van der Waals surface area contributed by atoms with Gasteiger partial charge in [-0.25, -0.2) is 4.79 Å². The first-order valence-electron chi connectivity index (χ1n) is 11.7. The lowest BCUT2D eigenvalue weighted by Crippen LogP contribution is -2.25. The van der Waals surface area contributed by atoms with Gasteiger partial charge < -0.3 is 24.4 Å². The molecule has 2 rings (SSSR count). The molecule has 0 spiro atoms. The molecule has 0 saturated heterocycles. The van der Waals surface area contributed by atoms with Crippen molar-refractivity contribution in [3.63, 3.8) is 0 Å². The average Bonchev–Trinajstić information content (AvgIpc) is 2.85. The maximum Gasteiger partial charge on any atom is 0.333 e. The monoisotopic (exact) mass is 528 g/mol. The van der Waals surface area contributed by atoms with Crippen molar-refractivity contribution in [3.05, 3.63) is 84.0 Å². The number of aliphatic hydroxyl groups is 2. The van der Waals surface area contributed by atoms with E-state index in [0.29, 0.717) is 17.1 Å². The molecule has 0 aliphatic heterocycles. The summed E-state index contributed by atoms with van der Waals surface area (Å²) in [6, 6.07) is 15.2. The average molecular weight is 529 g/mol. The second-order valence-corrected chi connectivity index (χ2v) is 9.39. The molecule has 2 aromatic carbocycles. The normalized spacial score (nSPS) is 12.2. The number of hydrogen-bond acceptors (Lipinski definition) is 7. The van der Waals surface area contributed by atoms with Crippen LogP contribution in [0, 0.1) is 0 Å². The third kappa shape index (κ3) is 10.5. The maximum atomic E-state index is 11.7. The quantitative estimate of drug-likeness (QED) is 0.249. The molecule has 2 aromatic rings. The van der Waals surface area contributed by atoms with Crippen LogP contribution >= 0.6 is 0 Å². The molecule has 0 bridgehead atoms. The highest BCUT2D eigenvalue weighted by Crippen LogP contribution is 2.33. The van der Waals surface area contributed by atoms with Gasteiger partial charge in [0.05, 0.1) is 6.10 Å². The first-order chi connectivity index (χ1) is 16.9. The second kappa shape index (κ2) is 15.7. The number of ether oxygens (including phenoxy) is 3. The third-order valence-electron chi connectivity index (χ3n) is 5.69. The van der Waals surface area contributed by atoms with Crippen LogP contribution in [0.3, 0.4) is 0 Å². The summed E-state index contributed by atoms with van der Waals surface area (Å²) >= 11 is 0. The molecule has 38 heavy (non-hydrogen) atoms. The van der Waals surface area contributed by atoms with Gasteiger partial charge in [-0.2, -0.15) is 0 Å². The molecule has 7 nitrogen and oxygen atoms in total. The third-order valence-corrected chi connectivity index (χ3v) is 5.69. The Hall–Kier alpha value is -3.42. The summed E-state index contributed by atoms with van der Waals surface area (Å²) in [6.07, 6.45) is -1.85. The molecule has 0 saturated carbocycles. The van der Waals surface area contributed by atoms with Crippen molar-refractivity contribution in [1.82, 2.24) is 0 Å². The topological polar surface area (TPSA) is 102 Å². The number of allylic oxidation sites excluding steroid dienone is 1. The van der Waals surface area contributed by atoms with Gasteiger partial charge in [-0.3, -0.25) is 4.79 Å². The van der Waals surface area contributed by atoms with Crippen LogP contribution < -0.4 is 9.47 Å². The Balaban J connectivity index is 0.00000684. The number of esters is 1. The number of carbonyl (C=O) groups is 2. The highest BCUT2D eigenvalue weighted by atomic mass is 16.5. The summed E-state index contributed by atoms with van der Waals surface area (Å²) < 4.78 is 16.2. The summed E-state index contributed by atoms with van der Waals surface area (Å²) in [7, 11) is 0. The fraction of sp³-hybridized carbons (Fsp3) is 0.419. The van der Waals surface area contributed by atoms with E-state index >= 15 is 0 Å². The van der Waals surface area contributed by atoms with E-state index < -0.39 is 18.2 Å². The van der Waals surface area contributed by atoms with Gasteiger partial charge in [-0.05, 0) is 54.8 Å². The highest BCUT2D eigenvalue weighted by molar-refractivity contribution is 5.94. The van der Waals surface area contributed by atoms with Crippen LogP contribution in [0.2, 0.25) is 0 Å². The van der Waals surface area contributed by atoms with Crippen molar-refractivity contribution in [2.24, 2.45) is 0 Å². The Morgan fingerprint density at radius 3 is 1.58 bits per heavy atom. The van der Waals surface area contributed by atoms with Crippen LogP contribution in [-0.2, 0) is 19.7 Å². The minimum atomic E-state index is -0.946. The Bertz CT molecular complexity index is 1050. The number of benzene rings is 2. The number of hydrogen-bond donors (Lipinski definition) is 2. The Morgan fingerprint density at radius 2 is 1.18 bits per heavy atom. The molecule has 210 valence electrons. The molecule has 2 atom stereocenters. The molecule has 2 unspecified atom stereocenters. The van der Waals surface area contributed by atoms with Gasteiger partial charge in [0.2, 0.25) is 0 Å². The summed E-state index contributed by atoms with van der Waals surface area (Å²) in [5.41, 5.74) is 2.51. The van der Waals surface area contributed by atoms with E-state index in [1.807, 2.05) is 48.5 Å². The van der Waals surface area contributed by atoms with Crippen LogP contribution in [0.15, 0.2) is 72.8 Å². The zero-order chi connectivity index (χ0) is 26.9. The molecular weight excluding hydrogens is 484 g/mol. The van der Waals surface area contributed by atoms with E-state index in [4.69, 9.17) is 14.2 Å². The van der Waals surface area contributed by atoms with Crippen LogP contribution in [0.5, 0.6) is 11.5 Å². The van der Waals surface area contributed by atoms with Crippen molar-refractivity contribution in [2.75, 3.05) is 19.8 Å². The number of ketones is 1. The Morgan fingerprint density at radius 1 is 0.763 bits per heavy atom. The van der Waals surface area contributed by atoms with Crippen LogP contribution in [0.1, 0.15) is 60.1 Å². The summed E-state index contributed by atoms with van der Waals surface area (Å²) in [5, 5.41) is 19.9. The van der Waals surface area contributed by atoms with Gasteiger partial charge in [-0.1, -0.05) is 66.1 Å². The lowest BCUT2D eigenvalue weighted by molar-refractivity contribution is -0.142. The van der Waals surface area contributed by atoms with Crippen LogP contribution in [0.25, 0.3) is 0 Å². The number of Topliss-reactive ketones (excluding diaryl/α,β-unsaturated/α-hetero) is 1. The zero-order valence-corrected chi connectivity index (χ0v) is 21.5. The van der Waals surface area contributed by atoms with Crippen molar-refractivity contribution in [1.29, 1.82) is 0 Å². The fourth-order valence-corrected chi connectivity index (χ4v) is 3.28. The summed E-state index contributed by atoms with van der Waals surface area (Å²) in [4.78, 5) is 23.1. The van der Waals surface area contributed by atoms with Gasteiger partial charge >= 0.3 is 5.97 Å². The Kier molecular flexibility index (Phi) is 14.3. The minimum Gasteiger partial charge on any atom is -0.491 e. The van der Waals surface area contributed by atoms with Gasteiger partial charge in [0.25, 0.3) is 0 Å². The molecule has 0 aliphatic rings. The first kappa shape index (κ1) is 34.6. The van der Waals surface area contributed by atoms with E-state index in [1.54, 1.807) is 13.8 Å². The first-order valence-corrected chi connectivity index (χ1v) is 11.7. The summed E-state index contributed by atoms with van der Waals surface area (Å²) in [5.74, 6) is 0.465. The van der Waals surface area contributed by atoms with Crippen molar-refractivity contribution in [3.8, 4) is 11.5 Å². The molecule has 7 heteroatoms. The molecule has 0 aliphatic carbocycles. The second-order valence-electron chi connectivity index (χ2n) is 9.39. The van der Waals surface area contributed by atoms with E-state index in [9.17, 15) is 19.8 Å². The SMILES string of the molecule is C.C.C=C(C)C(=O)CC(O)COc1ccc(C(C)(C)c2ccc(OCC(O)COC(=O)C(=C)C)cc2)cc1. The predicted octanol–water partition coefficient (Wildman–Crippen LogP) is 5.42. The molecule has 0 radical (unpaired) electrons. The van der Waals surface area contributed by atoms with E-state index in [-0.39, 0.29) is 57.9 Å². The largest absolute Gasteiger partial charge is 0.491 e. The van der Waals surface area contributed by atoms with Crippen LogP contribution in [0.4, 0.5) is 0 Å². The molecule has 0 amide bonds. The maximum absolute atomic E-state index is 11.7. The molecule has 2 N–H and O–H groups in total. The van der Waals surface area contributed by atoms with E-state index in [2.05, 4.69) is 27.0 Å². The van der Waals surface area contributed by atoms with Gasteiger partial charge in [0.15, 0.2) is 5.78 Å². The van der Waals surface area contributed by atoms with Gasteiger partial charge in [-0.15, -0.1) is 0 Å². The van der Waals surface area contributed by atoms with Crippen LogP contribution in [-0.4, -0.2) is 54.0 Å². The Labute approximate surface area is 227 Å². The van der Waals surface area contributed by atoms with E-state index in [0.717, 1.165) is 11.1 Å². The van der Waals surface area contributed by atoms with Crippen molar-refractivity contribution >= 4 is 11.8 Å².